The van der Waals surface area contributed by atoms with Crippen molar-refractivity contribution in [2.45, 2.75) is 46.6 Å². The molecule has 1 rings (SSSR count). The molecule has 0 aliphatic carbocycles. The van der Waals surface area contributed by atoms with E-state index in [1.807, 2.05) is 26.8 Å². The highest BCUT2D eigenvalue weighted by Gasteiger charge is 2.04. The van der Waals surface area contributed by atoms with Gasteiger partial charge in [0.2, 0.25) is 11.8 Å². The van der Waals surface area contributed by atoms with Gasteiger partial charge in [0.25, 0.3) is 0 Å². The highest BCUT2D eigenvalue weighted by Crippen LogP contribution is 2.13. The largest absolute Gasteiger partial charge is 0.475 e. The van der Waals surface area contributed by atoms with Gasteiger partial charge in [-0.15, -0.1) is 0 Å². The fourth-order valence-electron chi connectivity index (χ4n) is 1.50. The smallest absolute Gasteiger partial charge is 0.226 e. The van der Waals surface area contributed by atoms with Crippen LogP contribution in [0, 0.1) is 6.92 Å². The van der Waals surface area contributed by atoms with Gasteiger partial charge in [0.05, 0.1) is 12.7 Å². The van der Waals surface area contributed by atoms with Crippen LogP contribution in [0.1, 0.15) is 39.3 Å². The van der Waals surface area contributed by atoms with E-state index in [1.54, 1.807) is 0 Å². The number of rotatable bonds is 9. The molecular formula is C14H25N3O2. The molecule has 0 unspecified atom stereocenters. The third-order valence-electron chi connectivity index (χ3n) is 2.36. The average Bonchev–Trinajstić information content (AvgIpc) is 2.32. The summed E-state index contributed by atoms with van der Waals surface area (Å²) < 4.78 is 11.0. The van der Waals surface area contributed by atoms with Crippen molar-refractivity contribution in [2.75, 3.05) is 25.1 Å². The van der Waals surface area contributed by atoms with Gasteiger partial charge in [0.15, 0.2) is 0 Å². The lowest BCUT2D eigenvalue weighted by Gasteiger charge is -2.11. The second-order valence-electron chi connectivity index (χ2n) is 4.73. The lowest BCUT2D eigenvalue weighted by Crippen LogP contribution is -2.14. The van der Waals surface area contributed by atoms with Gasteiger partial charge in [-0.2, -0.15) is 4.98 Å². The van der Waals surface area contributed by atoms with Crippen LogP contribution in [-0.2, 0) is 4.74 Å². The van der Waals surface area contributed by atoms with E-state index in [4.69, 9.17) is 9.47 Å². The van der Waals surface area contributed by atoms with Gasteiger partial charge in [-0.1, -0.05) is 13.3 Å². The Hall–Kier alpha value is -1.36. The molecule has 0 saturated carbocycles. The fraction of sp³-hybridized carbons (Fsp3) is 0.714. The van der Waals surface area contributed by atoms with Crippen LogP contribution < -0.4 is 10.1 Å². The zero-order valence-electron chi connectivity index (χ0n) is 12.4. The standard InChI is InChI=1S/C14H25N3O2/c1-5-6-8-18-9-7-15-14-16-12(4)10-13(17-14)19-11(2)3/h10-11H,5-9H2,1-4H3,(H,15,16,17). The number of ether oxygens (including phenoxy) is 2. The summed E-state index contributed by atoms with van der Waals surface area (Å²) in [5, 5.41) is 3.15. The van der Waals surface area contributed by atoms with Gasteiger partial charge in [-0.3, -0.25) is 0 Å². The van der Waals surface area contributed by atoms with Crippen molar-refractivity contribution < 1.29 is 9.47 Å². The molecule has 0 aromatic carbocycles. The Labute approximate surface area is 115 Å². The monoisotopic (exact) mass is 267 g/mol. The Morgan fingerprint density at radius 3 is 2.74 bits per heavy atom. The van der Waals surface area contributed by atoms with Gasteiger partial charge in [0.1, 0.15) is 0 Å². The van der Waals surface area contributed by atoms with E-state index in [0.717, 1.165) is 25.1 Å². The molecule has 0 fully saturated rings. The molecule has 5 heteroatoms. The second-order valence-corrected chi connectivity index (χ2v) is 4.73. The number of nitrogens with zero attached hydrogens (tertiary/aromatic N) is 2. The zero-order valence-corrected chi connectivity index (χ0v) is 12.4. The number of aromatic nitrogens is 2. The molecule has 1 aromatic heterocycles. The lowest BCUT2D eigenvalue weighted by atomic mass is 10.4. The number of hydrogen-bond donors (Lipinski definition) is 1. The molecule has 1 N–H and O–H groups in total. The van der Waals surface area contributed by atoms with Crippen molar-refractivity contribution in [1.82, 2.24) is 9.97 Å². The quantitative estimate of drug-likeness (QED) is 0.697. The maximum absolute atomic E-state index is 5.57. The molecule has 0 saturated heterocycles. The first-order valence-electron chi connectivity index (χ1n) is 6.95. The normalized spacial score (nSPS) is 10.8. The molecule has 5 nitrogen and oxygen atoms in total. The predicted octanol–water partition coefficient (Wildman–Crippen LogP) is 2.80. The molecule has 1 heterocycles. The summed E-state index contributed by atoms with van der Waals surface area (Å²) in [6.45, 7) is 10.2. The minimum atomic E-state index is 0.111. The maximum atomic E-state index is 5.57. The van der Waals surface area contributed by atoms with E-state index in [9.17, 15) is 0 Å². The number of anilines is 1. The summed E-state index contributed by atoms with van der Waals surface area (Å²) in [5.74, 6) is 1.20. The first kappa shape index (κ1) is 15.7. The Morgan fingerprint density at radius 1 is 1.26 bits per heavy atom. The van der Waals surface area contributed by atoms with Crippen LogP contribution in [0.3, 0.4) is 0 Å². The summed E-state index contributed by atoms with van der Waals surface area (Å²) >= 11 is 0. The Morgan fingerprint density at radius 2 is 2.05 bits per heavy atom. The topological polar surface area (TPSA) is 56.3 Å². The number of nitrogens with one attached hydrogen (secondary N) is 1. The van der Waals surface area contributed by atoms with Gasteiger partial charge in [-0.25, -0.2) is 4.98 Å². The van der Waals surface area contributed by atoms with Crippen molar-refractivity contribution >= 4 is 5.95 Å². The first-order valence-corrected chi connectivity index (χ1v) is 6.95. The molecule has 0 aliphatic heterocycles. The first-order chi connectivity index (χ1) is 9.11. The lowest BCUT2D eigenvalue weighted by molar-refractivity contribution is 0.141. The van der Waals surface area contributed by atoms with Crippen LogP contribution in [0.5, 0.6) is 5.88 Å². The Balaban J connectivity index is 2.38. The molecule has 0 atom stereocenters. The number of unbranched alkanes of at least 4 members (excludes halogenated alkanes) is 1. The zero-order chi connectivity index (χ0) is 14.1. The summed E-state index contributed by atoms with van der Waals surface area (Å²) in [5.41, 5.74) is 0.889. The minimum Gasteiger partial charge on any atom is -0.475 e. The van der Waals surface area contributed by atoms with E-state index in [1.165, 1.54) is 0 Å². The van der Waals surface area contributed by atoms with Crippen LogP contribution in [0.4, 0.5) is 5.95 Å². The van der Waals surface area contributed by atoms with Crippen LogP contribution in [0.2, 0.25) is 0 Å². The van der Waals surface area contributed by atoms with E-state index in [-0.39, 0.29) is 6.10 Å². The maximum Gasteiger partial charge on any atom is 0.226 e. The van der Waals surface area contributed by atoms with Gasteiger partial charge >= 0.3 is 0 Å². The molecule has 0 spiro atoms. The van der Waals surface area contributed by atoms with Crippen molar-refractivity contribution in [2.24, 2.45) is 0 Å². The fourth-order valence-corrected chi connectivity index (χ4v) is 1.50. The molecule has 108 valence electrons. The Bertz CT molecular complexity index is 370. The molecule has 19 heavy (non-hydrogen) atoms. The van der Waals surface area contributed by atoms with E-state index in [0.29, 0.717) is 25.0 Å². The highest BCUT2D eigenvalue weighted by atomic mass is 16.5. The highest BCUT2D eigenvalue weighted by molar-refractivity contribution is 5.30. The van der Waals surface area contributed by atoms with Crippen molar-refractivity contribution in [3.05, 3.63) is 11.8 Å². The molecule has 0 bridgehead atoms. The van der Waals surface area contributed by atoms with Crippen LogP contribution in [0.15, 0.2) is 6.07 Å². The molecule has 0 radical (unpaired) electrons. The number of aryl methyl sites for hydroxylation is 1. The third-order valence-corrected chi connectivity index (χ3v) is 2.36. The summed E-state index contributed by atoms with van der Waals surface area (Å²) in [6, 6.07) is 1.84. The minimum absolute atomic E-state index is 0.111. The van der Waals surface area contributed by atoms with Crippen LogP contribution in [-0.4, -0.2) is 35.8 Å². The van der Waals surface area contributed by atoms with Gasteiger partial charge < -0.3 is 14.8 Å². The summed E-state index contributed by atoms with van der Waals surface area (Å²) in [4.78, 5) is 8.63. The molecule has 0 amide bonds. The van der Waals surface area contributed by atoms with Crippen molar-refractivity contribution in [3.63, 3.8) is 0 Å². The second kappa shape index (κ2) is 8.69. The molecule has 1 aromatic rings. The number of hydrogen-bond acceptors (Lipinski definition) is 5. The summed E-state index contributed by atoms with van der Waals surface area (Å²) in [7, 11) is 0. The Kier molecular flexibility index (Phi) is 7.18. The van der Waals surface area contributed by atoms with E-state index < -0.39 is 0 Å². The molecular weight excluding hydrogens is 242 g/mol. The third kappa shape index (κ3) is 6.96. The van der Waals surface area contributed by atoms with Crippen molar-refractivity contribution in [3.8, 4) is 5.88 Å². The van der Waals surface area contributed by atoms with Gasteiger partial charge in [-0.05, 0) is 27.2 Å². The van der Waals surface area contributed by atoms with Crippen LogP contribution in [0.25, 0.3) is 0 Å². The summed E-state index contributed by atoms with van der Waals surface area (Å²) in [6.07, 6.45) is 2.37. The van der Waals surface area contributed by atoms with E-state index >= 15 is 0 Å². The van der Waals surface area contributed by atoms with E-state index in [2.05, 4.69) is 22.2 Å². The van der Waals surface area contributed by atoms with Crippen LogP contribution >= 0.6 is 0 Å². The predicted molar refractivity (Wildman–Crippen MR) is 76.7 cm³/mol. The van der Waals surface area contributed by atoms with Gasteiger partial charge in [0, 0.05) is 24.9 Å². The van der Waals surface area contributed by atoms with Crippen molar-refractivity contribution in [1.29, 1.82) is 0 Å². The SMILES string of the molecule is CCCCOCCNc1nc(C)cc(OC(C)C)n1. The molecule has 0 aliphatic rings. The average molecular weight is 267 g/mol.